The predicted molar refractivity (Wildman–Crippen MR) is 86.3 cm³/mol. The van der Waals surface area contributed by atoms with Gasteiger partial charge in [0, 0.05) is 15.7 Å². The number of ether oxygens (including phenoxy) is 1. The van der Waals surface area contributed by atoms with Crippen molar-refractivity contribution in [3.8, 4) is 11.8 Å². The van der Waals surface area contributed by atoms with Gasteiger partial charge in [-0.05, 0) is 43.3 Å². The van der Waals surface area contributed by atoms with Gasteiger partial charge >= 0.3 is 0 Å². The van der Waals surface area contributed by atoms with Crippen molar-refractivity contribution in [2.45, 2.75) is 13.0 Å². The maximum atomic E-state index is 12.1. The molecule has 2 rings (SSSR count). The van der Waals surface area contributed by atoms with Gasteiger partial charge in [-0.25, -0.2) is 0 Å². The highest BCUT2D eigenvalue weighted by Crippen LogP contribution is 2.23. The second kappa shape index (κ2) is 7.17. The van der Waals surface area contributed by atoms with E-state index in [9.17, 15) is 4.79 Å². The number of anilines is 1. The maximum absolute atomic E-state index is 12.1. The zero-order valence-electron chi connectivity index (χ0n) is 11.6. The summed E-state index contributed by atoms with van der Waals surface area (Å²) in [5.41, 5.74) is 0.954. The Morgan fingerprint density at radius 2 is 1.91 bits per heavy atom. The molecule has 0 radical (unpaired) electrons. The molecule has 1 N–H and O–H groups in total. The summed E-state index contributed by atoms with van der Waals surface area (Å²) in [7, 11) is 0. The van der Waals surface area contributed by atoms with Crippen LogP contribution < -0.4 is 10.1 Å². The largest absolute Gasteiger partial charge is 0.481 e. The van der Waals surface area contributed by atoms with Gasteiger partial charge in [-0.15, -0.1) is 0 Å². The van der Waals surface area contributed by atoms with E-state index in [1.807, 2.05) is 6.07 Å². The van der Waals surface area contributed by atoms with Crippen molar-refractivity contribution in [3.05, 3.63) is 58.1 Å². The molecule has 0 aromatic heterocycles. The lowest BCUT2D eigenvalue weighted by Crippen LogP contribution is -2.30. The molecular weight excluding hydrogens is 323 g/mol. The van der Waals surface area contributed by atoms with Crippen LogP contribution in [0.1, 0.15) is 12.5 Å². The normalized spacial score (nSPS) is 11.4. The van der Waals surface area contributed by atoms with E-state index in [-0.39, 0.29) is 5.91 Å². The SMILES string of the molecule is C[C@@H](Oc1cccc(C#N)c1)C(=O)Nc1cc(Cl)cc(Cl)c1. The maximum Gasteiger partial charge on any atom is 0.265 e. The molecule has 112 valence electrons. The minimum absolute atomic E-state index is 0.347. The minimum atomic E-state index is -0.744. The summed E-state index contributed by atoms with van der Waals surface area (Å²) in [6.07, 6.45) is -0.744. The van der Waals surface area contributed by atoms with Crippen LogP contribution in [0.3, 0.4) is 0 Å². The van der Waals surface area contributed by atoms with Gasteiger partial charge in [-0.3, -0.25) is 4.79 Å². The average molecular weight is 335 g/mol. The number of benzene rings is 2. The van der Waals surface area contributed by atoms with Crippen LogP contribution in [0.4, 0.5) is 5.69 Å². The van der Waals surface area contributed by atoms with Crippen LogP contribution in [0.5, 0.6) is 5.75 Å². The van der Waals surface area contributed by atoms with Crippen LogP contribution in [0, 0.1) is 11.3 Å². The Labute approximate surface area is 138 Å². The molecule has 0 saturated carbocycles. The first-order valence-electron chi connectivity index (χ1n) is 6.41. The molecule has 0 aliphatic carbocycles. The minimum Gasteiger partial charge on any atom is -0.481 e. The highest BCUT2D eigenvalue weighted by molar-refractivity contribution is 6.35. The summed E-state index contributed by atoms with van der Waals surface area (Å²) in [4.78, 5) is 12.1. The van der Waals surface area contributed by atoms with Crippen molar-refractivity contribution in [3.63, 3.8) is 0 Å². The molecule has 0 saturated heterocycles. The van der Waals surface area contributed by atoms with Crippen molar-refractivity contribution in [1.82, 2.24) is 0 Å². The monoisotopic (exact) mass is 334 g/mol. The van der Waals surface area contributed by atoms with Crippen LogP contribution in [-0.2, 0) is 4.79 Å². The number of hydrogen-bond donors (Lipinski definition) is 1. The summed E-state index contributed by atoms with van der Waals surface area (Å²) in [6, 6.07) is 13.4. The van der Waals surface area contributed by atoms with Crippen LogP contribution in [-0.4, -0.2) is 12.0 Å². The van der Waals surface area contributed by atoms with Gasteiger partial charge in [0.15, 0.2) is 6.10 Å². The molecule has 0 bridgehead atoms. The molecular formula is C16H12Cl2N2O2. The van der Waals surface area contributed by atoms with E-state index in [1.165, 1.54) is 0 Å². The summed E-state index contributed by atoms with van der Waals surface area (Å²) < 4.78 is 5.52. The van der Waals surface area contributed by atoms with Gasteiger partial charge in [0.2, 0.25) is 0 Å². The number of halogens is 2. The second-order valence-corrected chi connectivity index (χ2v) is 5.42. The fraction of sp³-hybridized carbons (Fsp3) is 0.125. The Kier molecular flexibility index (Phi) is 5.26. The number of rotatable bonds is 4. The summed E-state index contributed by atoms with van der Waals surface area (Å²) >= 11 is 11.8. The molecule has 6 heteroatoms. The molecule has 2 aromatic rings. The first-order chi connectivity index (χ1) is 10.5. The number of hydrogen-bond acceptors (Lipinski definition) is 3. The van der Waals surface area contributed by atoms with Gasteiger partial charge < -0.3 is 10.1 Å². The third kappa shape index (κ3) is 4.39. The number of carbonyl (C=O) groups excluding carboxylic acids is 1. The quantitative estimate of drug-likeness (QED) is 0.907. The first-order valence-corrected chi connectivity index (χ1v) is 7.17. The molecule has 4 nitrogen and oxygen atoms in total. The number of carbonyl (C=O) groups is 1. The van der Waals surface area contributed by atoms with E-state index >= 15 is 0 Å². The van der Waals surface area contributed by atoms with Crippen molar-refractivity contribution in [2.24, 2.45) is 0 Å². The molecule has 22 heavy (non-hydrogen) atoms. The second-order valence-electron chi connectivity index (χ2n) is 4.55. The van der Waals surface area contributed by atoms with Gasteiger partial charge in [0.1, 0.15) is 5.75 Å². The summed E-state index contributed by atoms with van der Waals surface area (Å²) in [5, 5.41) is 12.4. The Bertz CT molecular complexity index is 721. The Morgan fingerprint density at radius 3 is 2.55 bits per heavy atom. The van der Waals surface area contributed by atoms with Crippen molar-refractivity contribution < 1.29 is 9.53 Å². The van der Waals surface area contributed by atoms with Gasteiger partial charge in [0.05, 0.1) is 11.6 Å². The van der Waals surface area contributed by atoms with Crippen LogP contribution in [0.25, 0.3) is 0 Å². The lowest BCUT2D eigenvalue weighted by Gasteiger charge is -2.15. The summed E-state index contributed by atoms with van der Waals surface area (Å²) in [6.45, 7) is 1.61. The predicted octanol–water partition coefficient (Wildman–Crippen LogP) is 4.27. The van der Waals surface area contributed by atoms with E-state index in [4.69, 9.17) is 33.2 Å². The Balaban J connectivity index is 2.04. The molecule has 1 atom stereocenters. The molecule has 0 aliphatic rings. The van der Waals surface area contributed by atoms with E-state index in [1.54, 1.807) is 49.4 Å². The van der Waals surface area contributed by atoms with E-state index in [0.717, 1.165) is 0 Å². The average Bonchev–Trinajstić information content (AvgIpc) is 2.46. The molecule has 0 aliphatic heterocycles. The van der Waals surface area contributed by atoms with Crippen LogP contribution >= 0.6 is 23.2 Å². The standard InChI is InChI=1S/C16H12Cl2N2O2/c1-10(22-15-4-2-3-11(5-15)9-19)16(21)20-14-7-12(17)6-13(18)8-14/h2-8,10H,1H3,(H,20,21)/t10-/m1/s1. The molecule has 2 aromatic carbocycles. The zero-order valence-corrected chi connectivity index (χ0v) is 13.2. The Morgan fingerprint density at radius 1 is 1.23 bits per heavy atom. The van der Waals surface area contributed by atoms with E-state index in [2.05, 4.69) is 5.32 Å². The van der Waals surface area contributed by atoms with E-state index < -0.39 is 6.10 Å². The van der Waals surface area contributed by atoms with E-state index in [0.29, 0.717) is 27.0 Å². The number of nitriles is 1. The topological polar surface area (TPSA) is 62.1 Å². The fourth-order valence-corrected chi connectivity index (χ4v) is 2.29. The van der Waals surface area contributed by atoms with Crippen molar-refractivity contribution in [1.29, 1.82) is 5.26 Å². The van der Waals surface area contributed by atoms with Crippen LogP contribution in [0.15, 0.2) is 42.5 Å². The highest BCUT2D eigenvalue weighted by atomic mass is 35.5. The van der Waals surface area contributed by atoms with Gasteiger partial charge in [-0.2, -0.15) is 5.26 Å². The molecule has 0 spiro atoms. The third-order valence-corrected chi connectivity index (χ3v) is 3.21. The van der Waals surface area contributed by atoms with Crippen molar-refractivity contribution in [2.75, 3.05) is 5.32 Å². The lowest BCUT2D eigenvalue weighted by molar-refractivity contribution is -0.122. The smallest absolute Gasteiger partial charge is 0.265 e. The van der Waals surface area contributed by atoms with Crippen LogP contribution in [0.2, 0.25) is 10.0 Å². The molecule has 1 amide bonds. The third-order valence-electron chi connectivity index (χ3n) is 2.78. The zero-order chi connectivity index (χ0) is 16.1. The lowest BCUT2D eigenvalue weighted by atomic mass is 10.2. The molecule has 0 unspecified atom stereocenters. The Hall–Kier alpha value is -2.22. The van der Waals surface area contributed by atoms with Gasteiger partial charge in [0.25, 0.3) is 5.91 Å². The molecule has 0 fully saturated rings. The molecule has 0 heterocycles. The summed E-state index contributed by atoms with van der Waals surface area (Å²) in [5.74, 6) is 0.103. The van der Waals surface area contributed by atoms with Crippen molar-refractivity contribution >= 4 is 34.8 Å². The van der Waals surface area contributed by atoms with Gasteiger partial charge in [-0.1, -0.05) is 29.3 Å². The highest BCUT2D eigenvalue weighted by Gasteiger charge is 2.15. The number of nitrogens with zero attached hydrogens (tertiary/aromatic N) is 1. The number of nitrogens with one attached hydrogen (secondary N) is 1. The first kappa shape index (κ1) is 16.2. The fourth-order valence-electron chi connectivity index (χ4n) is 1.77. The number of amides is 1.